The molecule has 3 rings (SSSR count). The molecule has 0 saturated carbocycles. The van der Waals surface area contributed by atoms with Crippen LogP contribution in [-0.2, 0) is 16.2 Å². The van der Waals surface area contributed by atoms with Crippen molar-refractivity contribution in [2.24, 2.45) is 5.41 Å². The predicted octanol–water partition coefficient (Wildman–Crippen LogP) is 1.43. The molecule has 2 unspecified atom stereocenters. The third-order valence-corrected chi connectivity index (χ3v) is 5.21. The number of aromatic nitrogens is 3. The van der Waals surface area contributed by atoms with Gasteiger partial charge in [0.05, 0.1) is 12.3 Å². The summed E-state index contributed by atoms with van der Waals surface area (Å²) < 4.78 is 33.4. The minimum atomic E-state index is -0.812. The van der Waals surface area contributed by atoms with E-state index in [1.807, 2.05) is 20.8 Å². The van der Waals surface area contributed by atoms with E-state index in [1.54, 1.807) is 0 Å². The summed E-state index contributed by atoms with van der Waals surface area (Å²) in [5.74, 6) is -2.24. The number of amides is 2. The Bertz CT molecular complexity index is 971. The zero-order valence-corrected chi connectivity index (χ0v) is 18.4. The predicted molar refractivity (Wildman–Crippen MR) is 109 cm³/mol. The zero-order chi connectivity index (χ0) is 23.6. The minimum absolute atomic E-state index is 0.0000260. The first-order valence-corrected chi connectivity index (χ1v) is 10.2. The fourth-order valence-corrected chi connectivity index (χ4v) is 3.78. The maximum atomic E-state index is 13.5. The van der Waals surface area contributed by atoms with Crippen LogP contribution in [0.15, 0.2) is 24.4 Å². The van der Waals surface area contributed by atoms with Gasteiger partial charge in [-0.05, 0) is 5.41 Å². The van der Waals surface area contributed by atoms with Gasteiger partial charge < -0.3 is 20.1 Å². The monoisotopic (exact) mass is 451 g/mol. The quantitative estimate of drug-likeness (QED) is 0.688. The molecule has 0 aliphatic carbocycles. The highest BCUT2D eigenvalue weighted by atomic mass is 19.1. The van der Waals surface area contributed by atoms with Crippen molar-refractivity contribution in [3.05, 3.63) is 41.7 Å². The van der Waals surface area contributed by atoms with Crippen molar-refractivity contribution in [2.45, 2.75) is 52.0 Å². The molecule has 174 valence electrons. The lowest BCUT2D eigenvalue weighted by Crippen LogP contribution is -2.49. The molecular formula is C21H27F2N5O4. The second-order valence-electron chi connectivity index (χ2n) is 8.86. The van der Waals surface area contributed by atoms with Crippen LogP contribution in [0.4, 0.5) is 8.78 Å². The van der Waals surface area contributed by atoms with Gasteiger partial charge in [0.1, 0.15) is 41.8 Å². The average molecular weight is 451 g/mol. The normalized spacial score (nSPS) is 19.7. The van der Waals surface area contributed by atoms with E-state index < -0.39 is 35.2 Å². The lowest BCUT2D eigenvalue weighted by atomic mass is 9.85. The smallest absolute Gasteiger partial charge is 0.248 e. The number of likely N-dealkylation sites (tertiary alicyclic amines) is 1. The third kappa shape index (κ3) is 5.21. The number of nitrogens with one attached hydrogen (secondary N) is 1. The van der Waals surface area contributed by atoms with Crippen LogP contribution in [0.5, 0.6) is 5.75 Å². The highest BCUT2D eigenvalue weighted by Gasteiger charge is 2.45. The summed E-state index contributed by atoms with van der Waals surface area (Å²) in [5.41, 5.74) is -0.254. The van der Waals surface area contributed by atoms with E-state index >= 15 is 0 Å². The van der Waals surface area contributed by atoms with Gasteiger partial charge in [-0.1, -0.05) is 26.0 Å². The van der Waals surface area contributed by atoms with E-state index in [2.05, 4.69) is 15.6 Å². The summed E-state index contributed by atoms with van der Waals surface area (Å²) in [7, 11) is 1.48. The Labute approximate surface area is 184 Å². The van der Waals surface area contributed by atoms with Gasteiger partial charge in [0.2, 0.25) is 11.8 Å². The van der Waals surface area contributed by atoms with Gasteiger partial charge in [-0.3, -0.25) is 9.59 Å². The molecule has 2 aromatic rings. The van der Waals surface area contributed by atoms with Crippen LogP contribution in [0.2, 0.25) is 0 Å². The number of hydrogen-bond acceptors (Lipinski definition) is 6. The number of hydrogen-bond donors (Lipinski definition) is 2. The molecule has 1 aliphatic heterocycles. The highest BCUT2D eigenvalue weighted by Crippen LogP contribution is 2.34. The summed E-state index contributed by atoms with van der Waals surface area (Å²) in [6.45, 7) is 5.48. The first-order chi connectivity index (χ1) is 15.0. The number of aliphatic hydroxyl groups excluding tert-OH is 1. The Morgan fingerprint density at radius 2 is 1.94 bits per heavy atom. The van der Waals surface area contributed by atoms with E-state index in [-0.39, 0.29) is 37.1 Å². The number of carbonyl (C=O) groups is 2. The van der Waals surface area contributed by atoms with Crippen LogP contribution in [0, 0.1) is 17.0 Å². The number of β-amino-alcohol motifs (C(OH)–C–C–N with tert-alkyl or cyclic N) is 1. The summed E-state index contributed by atoms with van der Waals surface area (Å²) in [6, 6.07) is 1.25. The molecule has 1 aromatic carbocycles. The van der Waals surface area contributed by atoms with E-state index in [4.69, 9.17) is 4.74 Å². The van der Waals surface area contributed by atoms with Crippen LogP contribution in [0.25, 0.3) is 0 Å². The minimum Gasteiger partial charge on any atom is -0.487 e. The van der Waals surface area contributed by atoms with Crippen molar-refractivity contribution in [1.29, 1.82) is 0 Å². The summed E-state index contributed by atoms with van der Waals surface area (Å²) in [5, 5.41) is 20.7. The number of halogens is 2. The van der Waals surface area contributed by atoms with Gasteiger partial charge in [-0.2, -0.15) is 0 Å². The number of likely N-dealkylation sites (N-methyl/N-ethyl adjacent to an activating group) is 1. The summed E-state index contributed by atoms with van der Waals surface area (Å²) >= 11 is 0. The van der Waals surface area contributed by atoms with Gasteiger partial charge in [0, 0.05) is 38.2 Å². The molecule has 1 aromatic heterocycles. The van der Waals surface area contributed by atoms with Crippen LogP contribution >= 0.6 is 0 Å². The van der Waals surface area contributed by atoms with Gasteiger partial charge in [-0.25, -0.2) is 13.5 Å². The van der Waals surface area contributed by atoms with Crippen LogP contribution < -0.4 is 10.1 Å². The Kier molecular flexibility index (Phi) is 6.77. The number of carbonyl (C=O) groups excluding carboxylic acids is 2. The molecule has 2 heterocycles. The standard InChI is InChI=1S/C21H27F2N5O4/c1-21(2,3)18(20(31)27-10-15(29)8-17(27)19(30)24-4)28-9-14(25-26-28)11-32-16-6-12(22)5-13(23)7-16/h5-7,9,15,17-18,29H,8,10-11H2,1-4H3,(H,24,30)/t15?,17-,18?/m1/s1. The van der Waals surface area contributed by atoms with E-state index in [1.165, 1.54) is 22.8 Å². The summed E-state index contributed by atoms with van der Waals surface area (Å²) in [6.07, 6.45) is 0.876. The lowest BCUT2D eigenvalue weighted by Gasteiger charge is -2.34. The van der Waals surface area contributed by atoms with Crippen molar-refractivity contribution in [3.8, 4) is 5.75 Å². The van der Waals surface area contributed by atoms with Crippen molar-refractivity contribution in [2.75, 3.05) is 13.6 Å². The van der Waals surface area contributed by atoms with E-state index in [9.17, 15) is 23.5 Å². The second kappa shape index (κ2) is 9.19. The third-order valence-electron chi connectivity index (χ3n) is 5.21. The molecule has 2 amide bonds. The first-order valence-electron chi connectivity index (χ1n) is 10.2. The maximum absolute atomic E-state index is 13.5. The summed E-state index contributed by atoms with van der Waals surface area (Å²) in [4.78, 5) is 27.1. The Morgan fingerprint density at radius 3 is 2.53 bits per heavy atom. The fourth-order valence-electron chi connectivity index (χ4n) is 3.78. The molecule has 1 fully saturated rings. The molecule has 1 saturated heterocycles. The maximum Gasteiger partial charge on any atom is 0.248 e. The van der Waals surface area contributed by atoms with Crippen molar-refractivity contribution >= 4 is 11.8 Å². The number of nitrogens with zero attached hydrogens (tertiary/aromatic N) is 4. The van der Waals surface area contributed by atoms with E-state index in [0.717, 1.165) is 18.2 Å². The largest absolute Gasteiger partial charge is 0.487 e. The Balaban J connectivity index is 1.80. The zero-order valence-electron chi connectivity index (χ0n) is 18.4. The number of benzene rings is 1. The number of ether oxygens (including phenoxy) is 1. The molecule has 0 spiro atoms. The van der Waals surface area contributed by atoms with Gasteiger partial charge in [0.15, 0.2) is 0 Å². The average Bonchev–Trinajstić information content (AvgIpc) is 3.30. The SMILES string of the molecule is CNC(=O)[C@H]1CC(O)CN1C(=O)C(n1cc(COc2cc(F)cc(F)c2)nn1)C(C)(C)C. The number of rotatable bonds is 6. The lowest BCUT2D eigenvalue weighted by molar-refractivity contribution is -0.144. The highest BCUT2D eigenvalue weighted by molar-refractivity contribution is 5.90. The fraction of sp³-hybridized carbons (Fsp3) is 0.524. The molecule has 3 atom stereocenters. The Hall–Kier alpha value is -3.08. The van der Waals surface area contributed by atoms with Gasteiger partial charge >= 0.3 is 0 Å². The van der Waals surface area contributed by atoms with Crippen LogP contribution in [-0.4, -0.2) is 62.6 Å². The van der Waals surface area contributed by atoms with Crippen molar-refractivity contribution in [1.82, 2.24) is 25.2 Å². The molecular weight excluding hydrogens is 424 g/mol. The first kappa shape index (κ1) is 23.6. The molecule has 0 bridgehead atoms. The van der Waals surface area contributed by atoms with Gasteiger partial charge in [-0.15, -0.1) is 5.10 Å². The van der Waals surface area contributed by atoms with Crippen molar-refractivity contribution < 1.29 is 28.2 Å². The van der Waals surface area contributed by atoms with Crippen molar-refractivity contribution in [3.63, 3.8) is 0 Å². The van der Waals surface area contributed by atoms with E-state index in [0.29, 0.717) is 5.69 Å². The topological polar surface area (TPSA) is 110 Å². The second-order valence-corrected chi connectivity index (χ2v) is 8.86. The molecule has 2 N–H and O–H groups in total. The van der Waals surface area contributed by atoms with Gasteiger partial charge in [0.25, 0.3) is 0 Å². The molecule has 32 heavy (non-hydrogen) atoms. The molecule has 1 aliphatic rings. The molecule has 9 nitrogen and oxygen atoms in total. The molecule has 0 radical (unpaired) electrons. The number of aliphatic hydroxyl groups is 1. The van der Waals surface area contributed by atoms with Crippen LogP contribution in [0.1, 0.15) is 38.9 Å². The molecule has 11 heteroatoms. The Morgan fingerprint density at radius 1 is 1.28 bits per heavy atom. The van der Waals surface area contributed by atoms with Crippen LogP contribution in [0.3, 0.4) is 0 Å².